The smallest absolute Gasteiger partial charge is 0.307 e. The molecule has 2 atom stereocenters. The van der Waals surface area contributed by atoms with E-state index in [1.807, 2.05) is 13.8 Å². The van der Waals surface area contributed by atoms with Crippen molar-refractivity contribution in [2.75, 3.05) is 0 Å². The van der Waals surface area contributed by atoms with Gasteiger partial charge in [-0.1, -0.05) is 35.8 Å². The van der Waals surface area contributed by atoms with Crippen molar-refractivity contribution < 1.29 is 14.3 Å². The first kappa shape index (κ1) is 11.6. The van der Waals surface area contributed by atoms with Crippen molar-refractivity contribution in [1.29, 1.82) is 0 Å². The summed E-state index contributed by atoms with van der Waals surface area (Å²) in [5.41, 5.74) is 0.616. The van der Waals surface area contributed by atoms with Gasteiger partial charge in [0.15, 0.2) is 0 Å². The van der Waals surface area contributed by atoms with Gasteiger partial charge in [-0.3, -0.25) is 4.79 Å². The summed E-state index contributed by atoms with van der Waals surface area (Å²) in [6.07, 6.45) is 0. The fourth-order valence-corrected chi connectivity index (χ4v) is 3.03. The molecule has 16 heavy (non-hydrogen) atoms. The molecule has 2 nitrogen and oxygen atoms in total. The monoisotopic (exact) mass is 286 g/mol. The van der Waals surface area contributed by atoms with Crippen LogP contribution in [0, 0.1) is 17.2 Å². The number of hydrogen-bond donors (Lipinski definition) is 1. The predicted molar refractivity (Wildman–Crippen MR) is 61.7 cm³/mol. The molecular weight excluding hydrogens is 275 g/mol. The zero-order chi connectivity index (χ0) is 12.1. The van der Waals surface area contributed by atoms with Crippen molar-refractivity contribution in [3.63, 3.8) is 0 Å². The van der Waals surface area contributed by atoms with Gasteiger partial charge in [0.25, 0.3) is 0 Å². The summed E-state index contributed by atoms with van der Waals surface area (Å²) in [6.45, 7) is 3.85. The van der Waals surface area contributed by atoms with Gasteiger partial charge in [-0.2, -0.15) is 0 Å². The Morgan fingerprint density at radius 3 is 2.56 bits per heavy atom. The number of carbonyl (C=O) groups is 1. The van der Waals surface area contributed by atoms with Crippen LogP contribution in [0.2, 0.25) is 0 Å². The number of rotatable bonds is 2. The molecule has 0 aliphatic heterocycles. The molecule has 1 aliphatic rings. The van der Waals surface area contributed by atoms with Gasteiger partial charge in [-0.15, -0.1) is 0 Å². The molecule has 0 spiro atoms. The maximum absolute atomic E-state index is 12.9. The maximum atomic E-state index is 12.9. The van der Waals surface area contributed by atoms with Crippen molar-refractivity contribution >= 4 is 21.9 Å². The Labute approximate surface area is 102 Å². The molecule has 1 aromatic rings. The van der Waals surface area contributed by atoms with Gasteiger partial charge in [-0.05, 0) is 23.1 Å². The van der Waals surface area contributed by atoms with Gasteiger partial charge in [0.2, 0.25) is 0 Å². The summed E-state index contributed by atoms with van der Waals surface area (Å²) in [7, 11) is 0. The molecule has 1 aliphatic carbocycles. The standard InChI is InChI=1S/C12H12BrFO2/c1-12(2)9(10(12)11(15)16)7-4-3-6(14)5-8(7)13/h3-5,9-10H,1-2H3,(H,15,16)/t9-,10+/m1/s1. The third-order valence-corrected chi connectivity index (χ3v) is 4.08. The van der Waals surface area contributed by atoms with E-state index in [4.69, 9.17) is 5.11 Å². The molecule has 2 rings (SSSR count). The van der Waals surface area contributed by atoms with Crippen LogP contribution >= 0.6 is 15.9 Å². The van der Waals surface area contributed by atoms with E-state index in [0.29, 0.717) is 4.47 Å². The third kappa shape index (κ3) is 1.65. The lowest BCUT2D eigenvalue weighted by atomic mass is 10.0. The molecule has 0 aromatic heterocycles. The van der Waals surface area contributed by atoms with E-state index in [2.05, 4.69) is 15.9 Å². The molecular formula is C12H12BrFO2. The lowest BCUT2D eigenvalue weighted by molar-refractivity contribution is -0.139. The molecule has 4 heteroatoms. The Hall–Kier alpha value is -0.900. The van der Waals surface area contributed by atoms with Gasteiger partial charge in [0, 0.05) is 10.4 Å². The number of carboxylic acids is 1. The van der Waals surface area contributed by atoms with Gasteiger partial charge in [-0.25, -0.2) is 4.39 Å². The number of benzene rings is 1. The summed E-state index contributed by atoms with van der Waals surface area (Å²) in [6, 6.07) is 4.41. The zero-order valence-electron chi connectivity index (χ0n) is 9.00. The third-order valence-electron chi connectivity index (χ3n) is 3.39. The minimum atomic E-state index is -0.786. The van der Waals surface area contributed by atoms with Crippen LogP contribution in [0.25, 0.3) is 0 Å². The molecule has 0 bridgehead atoms. The van der Waals surface area contributed by atoms with Crippen LogP contribution < -0.4 is 0 Å². The van der Waals surface area contributed by atoms with Crippen molar-refractivity contribution in [2.24, 2.45) is 11.3 Å². The van der Waals surface area contributed by atoms with E-state index in [9.17, 15) is 9.18 Å². The van der Waals surface area contributed by atoms with Crippen molar-refractivity contribution in [1.82, 2.24) is 0 Å². The molecule has 86 valence electrons. The number of hydrogen-bond acceptors (Lipinski definition) is 1. The maximum Gasteiger partial charge on any atom is 0.307 e. The minimum absolute atomic E-state index is 0.0417. The molecule has 0 unspecified atom stereocenters. The highest BCUT2D eigenvalue weighted by Crippen LogP contribution is 2.65. The van der Waals surface area contributed by atoms with Crippen LogP contribution in [0.5, 0.6) is 0 Å². The van der Waals surface area contributed by atoms with E-state index in [1.54, 1.807) is 6.07 Å². The van der Waals surface area contributed by atoms with Crippen molar-refractivity contribution in [3.8, 4) is 0 Å². The lowest BCUT2D eigenvalue weighted by Crippen LogP contribution is -2.03. The Morgan fingerprint density at radius 2 is 2.12 bits per heavy atom. The second kappa shape index (κ2) is 3.55. The van der Waals surface area contributed by atoms with E-state index in [0.717, 1.165) is 5.56 Å². The average molecular weight is 287 g/mol. The Bertz CT molecular complexity index is 456. The Morgan fingerprint density at radius 1 is 1.50 bits per heavy atom. The van der Waals surface area contributed by atoms with Crippen LogP contribution in [0.15, 0.2) is 22.7 Å². The zero-order valence-corrected chi connectivity index (χ0v) is 10.6. The fraction of sp³-hybridized carbons (Fsp3) is 0.417. The average Bonchev–Trinajstić information content (AvgIpc) is 2.69. The number of halogens is 2. The van der Waals surface area contributed by atoms with E-state index < -0.39 is 5.97 Å². The summed E-state index contributed by atoms with van der Waals surface area (Å²) < 4.78 is 13.6. The SMILES string of the molecule is CC1(C)[C@H](C(=O)O)[C@H]1c1ccc(F)cc1Br. The first-order valence-electron chi connectivity index (χ1n) is 5.03. The highest BCUT2D eigenvalue weighted by Gasteiger charge is 2.63. The summed E-state index contributed by atoms with van der Waals surface area (Å²) >= 11 is 3.28. The first-order chi connectivity index (χ1) is 7.35. The molecule has 0 saturated heterocycles. The molecule has 1 fully saturated rings. The molecule has 0 heterocycles. The highest BCUT2D eigenvalue weighted by atomic mass is 79.9. The molecule has 1 aromatic carbocycles. The Balaban J connectivity index is 2.37. The normalized spacial score (nSPS) is 26.5. The number of carboxylic acid groups (broad SMARTS) is 1. The fourth-order valence-electron chi connectivity index (χ4n) is 2.43. The molecule has 1 saturated carbocycles. The number of aliphatic carboxylic acids is 1. The topological polar surface area (TPSA) is 37.3 Å². The van der Waals surface area contributed by atoms with E-state index >= 15 is 0 Å². The van der Waals surface area contributed by atoms with E-state index in [-0.39, 0.29) is 23.1 Å². The summed E-state index contributed by atoms with van der Waals surface area (Å²) in [5.74, 6) is -1.53. The Kier molecular flexibility index (Phi) is 2.57. The van der Waals surface area contributed by atoms with Crippen LogP contribution in [-0.4, -0.2) is 11.1 Å². The van der Waals surface area contributed by atoms with Crippen LogP contribution in [0.3, 0.4) is 0 Å². The largest absolute Gasteiger partial charge is 0.481 e. The second-order valence-electron chi connectivity index (χ2n) is 4.78. The van der Waals surface area contributed by atoms with Gasteiger partial charge in [0.05, 0.1) is 5.92 Å². The summed E-state index contributed by atoms with van der Waals surface area (Å²) in [4.78, 5) is 11.0. The van der Waals surface area contributed by atoms with Crippen molar-refractivity contribution in [3.05, 3.63) is 34.1 Å². The van der Waals surface area contributed by atoms with Crippen LogP contribution in [-0.2, 0) is 4.79 Å². The van der Waals surface area contributed by atoms with E-state index in [1.165, 1.54) is 12.1 Å². The second-order valence-corrected chi connectivity index (χ2v) is 5.64. The van der Waals surface area contributed by atoms with Gasteiger partial charge in [0.1, 0.15) is 5.82 Å². The van der Waals surface area contributed by atoms with Gasteiger partial charge >= 0.3 is 5.97 Å². The van der Waals surface area contributed by atoms with Crippen molar-refractivity contribution in [2.45, 2.75) is 19.8 Å². The highest BCUT2D eigenvalue weighted by molar-refractivity contribution is 9.10. The van der Waals surface area contributed by atoms with Crippen LogP contribution in [0.4, 0.5) is 4.39 Å². The molecule has 0 amide bonds. The van der Waals surface area contributed by atoms with Gasteiger partial charge < -0.3 is 5.11 Å². The molecule has 1 N–H and O–H groups in total. The quantitative estimate of drug-likeness (QED) is 0.905. The summed E-state index contributed by atoms with van der Waals surface area (Å²) in [5, 5.41) is 9.08. The lowest BCUT2D eigenvalue weighted by Gasteiger charge is -2.05. The molecule has 0 radical (unpaired) electrons. The first-order valence-corrected chi connectivity index (χ1v) is 5.82. The van der Waals surface area contributed by atoms with Crippen LogP contribution in [0.1, 0.15) is 25.3 Å². The minimum Gasteiger partial charge on any atom is -0.481 e. The predicted octanol–water partition coefficient (Wildman–Crippen LogP) is 3.41.